The molecule has 1 N–H and O–H groups in total. The van der Waals surface area contributed by atoms with Crippen molar-refractivity contribution in [1.29, 1.82) is 0 Å². The Balaban J connectivity index is 1.58. The number of carbonyl (C=O) groups is 1. The molecule has 1 saturated heterocycles. The van der Waals surface area contributed by atoms with Crippen molar-refractivity contribution in [2.45, 2.75) is 19.4 Å². The van der Waals surface area contributed by atoms with Crippen LogP contribution in [0, 0.1) is 5.82 Å². The van der Waals surface area contributed by atoms with Crippen molar-refractivity contribution in [3.63, 3.8) is 0 Å². The van der Waals surface area contributed by atoms with Gasteiger partial charge in [0.15, 0.2) is 5.13 Å². The molecule has 0 unspecified atom stereocenters. The maximum absolute atomic E-state index is 13.0. The lowest BCUT2D eigenvalue weighted by molar-refractivity contribution is -0.122. The summed E-state index contributed by atoms with van der Waals surface area (Å²) in [7, 11) is 0. The molecule has 0 bridgehead atoms. The number of amides is 1. The average molecular weight is 349 g/mol. The van der Waals surface area contributed by atoms with Crippen molar-refractivity contribution in [2.75, 3.05) is 31.6 Å². The molecular formula is C17H20FN3O2S. The topological polar surface area (TPSA) is 54.5 Å². The highest BCUT2D eigenvalue weighted by molar-refractivity contribution is 7.14. The Kier molecular flexibility index (Phi) is 4.93. The van der Waals surface area contributed by atoms with E-state index < -0.39 is 0 Å². The summed E-state index contributed by atoms with van der Waals surface area (Å²) in [6, 6.07) is 6.14. The Morgan fingerprint density at radius 2 is 2.17 bits per heavy atom. The number of nitrogens with one attached hydrogen (secondary N) is 1. The monoisotopic (exact) mass is 349 g/mol. The zero-order valence-electron chi connectivity index (χ0n) is 13.7. The maximum atomic E-state index is 13.0. The van der Waals surface area contributed by atoms with Gasteiger partial charge in [-0.05, 0) is 38.1 Å². The molecule has 7 heteroatoms. The Labute approximate surface area is 144 Å². The number of rotatable bonds is 4. The molecule has 1 aromatic carbocycles. The van der Waals surface area contributed by atoms with Crippen molar-refractivity contribution in [3.05, 3.63) is 35.5 Å². The van der Waals surface area contributed by atoms with E-state index in [2.05, 4.69) is 15.2 Å². The third-order valence-corrected chi connectivity index (χ3v) is 4.52. The first-order valence-corrected chi connectivity index (χ1v) is 8.67. The summed E-state index contributed by atoms with van der Waals surface area (Å²) in [6.45, 7) is 6.46. The number of morpholine rings is 1. The van der Waals surface area contributed by atoms with Crippen LogP contribution in [0.25, 0.3) is 11.3 Å². The van der Waals surface area contributed by atoms with Gasteiger partial charge in [0.1, 0.15) is 5.82 Å². The lowest BCUT2D eigenvalue weighted by Gasteiger charge is -2.37. The smallest absolute Gasteiger partial charge is 0.240 e. The summed E-state index contributed by atoms with van der Waals surface area (Å²) in [6.07, 6.45) is 0. The highest BCUT2D eigenvalue weighted by Gasteiger charge is 2.28. The van der Waals surface area contributed by atoms with E-state index in [9.17, 15) is 9.18 Å². The van der Waals surface area contributed by atoms with Crippen LogP contribution >= 0.6 is 11.3 Å². The molecule has 1 amide bonds. The minimum absolute atomic E-state index is 0.0901. The third-order valence-electron chi connectivity index (χ3n) is 3.76. The number of benzene rings is 1. The second-order valence-corrected chi connectivity index (χ2v) is 7.27. The van der Waals surface area contributed by atoms with Crippen LogP contribution in [0.5, 0.6) is 0 Å². The fourth-order valence-electron chi connectivity index (χ4n) is 2.70. The standard InChI is InChI=1S/C17H20FN3O2S/c1-17(2)11-21(7-8-23-17)9-15(22)20-16-19-14(10-24-16)12-3-5-13(18)6-4-12/h3-6,10H,7-9,11H2,1-2H3,(H,19,20,22). The minimum Gasteiger partial charge on any atom is -0.373 e. The van der Waals surface area contributed by atoms with E-state index in [-0.39, 0.29) is 17.3 Å². The lowest BCUT2D eigenvalue weighted by Crippen LogP contribution is -2.50. The van der Waals surface area contributed by atoms with E-state index in [0.717, 1.165) is 24.3 Å². The van der Waals surface area contributed by atoms with Crippen LogP contribution in [0.3, 0.4) is 0 Å². The van der Waals surface area contributed by atoms with E-state index in [1.54, 1.807) is 12.1 Å². The van der Waals surface area contributed by atoms with Crippen LogP contribution in [0.15, 0.2) is 29.6 Å². The number of thiazole rings is 1. The largest absolute Gasteiger partial charge is 0.373 e. The fourth-order valence-corrected chi connectivity index (χ4v) is 3.43. The number of hydrogen-bond acceptors (Lipinski definition) is 5. The molecule has 1 aliphatic rings. The van der Waals surface area contributed by atoms with Gasteiger partial charge in [0.05, 0.1) is 24.4 Å². The highest BCUT2D eigenvalue weighted by Crippen LogP contribution is 2.25. The zero-order chi connectivity index (χ0) is 17.2. The second kappa shape index (κ2) is 6.96. The molecule has 0 aliphatic carbocycles. The van der Waals surface area contributed by atoms with Crippen LogP contribution in [0.2, 0.25) is 0 Å². The molecular weight excluding hydrogens is 329 g/mol. The number of nitrogens with zero attached hydrogens (tertiary/aromatic N) is 2. The highest BCUT2D eigenvalue weighted by atomic mass is 32.1. The van der Waals surface area contributed by atoms with E-state index >= 15 is 0 Å². The summed E-state index contributed by atoms with van der Waals surface area (Å²) < 4.78 is 18.6. The maximum Gasteiger partial charge on any atom is 0.240 e. The quantitative estimate of drug-likeness (QED) is 0.922. The van der Waals surface area contributed by atoms with Gasteiger partial charge in [-0.3, -0.25) is 9.69 Å². The van der Waals surface area contributed by atoms with Gasteiger partial charge in [0, 0.05) is 24.0 Å². The van der Waals surface area contributed by atoms with Gasteiger partial charge >= 0.3 is 0 Å². The summed E-state index contributed by atoms with van der Waals surface area (Å²) in [5, 5.41) is 5.23. The Hall–Kier alpha value is -1.83. The number of hydrogen-bond donors (Lipinski definition) is 1. The van der Waals surface area contributed by atoms with Crippen LogP contribution < -0.4 is 5.32 Å². The number of carbonyl (C=O) groups excluding carboxylic acids is 1. The number of aromatic nitrogens is 1. The minimum atomic E-state index is -0.282. The van der Waals surface area contributed by atoms with Crippen LogP contribution in [-0.2, 0) is 9.53 Å². The molecule has 2 heterocycles. The first kappa shape index (κ1) is 17.0. The Morgan fingerprint density at radius 1 is 1.42 bits per heavy atom. The molecule has 3 rings (SSSR count). The summed E-state index contributed by atoms with van der Waals surface area (Å²) in [5.41, 5.74) is 1.32. The number of ether oxygens (including phenoxy) is 1. The first-order valence-electron chi connectivity index (χ1n) is 7.79. The molecule has 0 saturated carbocycles. The van der Waals surface area contributed by atoms with E-state index in [4.69, 9.17) is 4.74 Å². The van der Waals surface area contributed by atoms with E-state index in [1.165, 1.54) is 23.5 Å². The molecule has 2 aromatic rings. The van der Waals surface area contributed by atoms with Crippen molar-refractivity contribution in [2.24, 2.45) is 0 Å². The lowest BCUT2D eigenvalue weighted by atomic mass is 10.1. The van der Waals surface area contributed by atoms with Crippen LogP contribution in [-0.4, -0.2) is 47.6 Å². The molecule has 0 radical (unpaired) electrons. The van der Waals surface area contributed by atoms with Crippen molar-refractivity contribution in [1.82, 2.24) is 9.88 Å². The first-order chi connectivity index (χ1) is 11.4. The number of halogens is 1. The van der Waals surface area contributed by atoms with Gasteiger partial charge in [-0.1, -0.05) is 0 Å². The Morgan fingerprint density at radius 3 is 2.88 bits per heavy atom. The molecule has 0 spiro atoms. The molecule has 1 aromatic heterocycles. The summed E-state index contributed by atoms with van der Waals surface area (Å²) in [4.78, 5) is 18.7. The molecule has 24 heavy (non-hydrogen) atoms. The van der Waals surface area contributed by atoms with Crippen molar-refractivity contribution in [3.8, 4) is 11.3 Å². The third kappa shape index (κ3) is 4.37. The van der Waals surface area contributed by atoms with Crippen LogP contribution in [0.4, 0.5) is 9.52 Å². The fraction of sp³-hybridized carbons (Fsp3) is 0.412. The normalized spacial score (nSPS) is 17.6. The second-order valence-electron chi connectivity index (χ2n) is 6.41. The predicted octanol–water partition coefficient (Wildman–Crippen LogP) is 3.00. The SMILES string of the molecule is CC1(C)CN(CC(=O)Nc2nc(-c3ccc(F)cc3)cs2)CCO1. The zero-order valence-corrected chi connectivity index (χ0v) is 14.5. The molecule has 1 aliphatic heterocycles. The van der Waals surface area contributed by atoms with Gasteiger partial charge in [-0.25, -0.2) is 9.37 Å². The number of anilines is 1. The van der Waals surface area contributed by atoms with Gasteiger partial charge in [0.2, 0.25) is 5.91 Å². The summed E-state index contributed by atoms with van der Waals surface area (Å²) in [5.74, 6) is -0.372. The van der Waals surface area contributed by atoms with E-state index in [1.807, 2.05) is 19.2 Å². The van der Waals surface area contributed by atoms with Gasteiger partial charge in [-0.2, -0.15) is 0 Å². The molecule has 1 fully saturated rings. The molecule has 128 valence electrons. The van der Waals surface area contributed by atoms with Crippen LogP contribution in [0.1, 0.15) is 13.8 Å². The molecule has 5 nitrogen and oxygen atoms in total. The van der Waals surface area contributed by atoms with Gasteiger partial charge in [-0.15, -0.1) is 11.3 Å². The molecule has 0 atom stereocenters. The van der Waals surface area contributed by atoms with E-state index in [0.29, 0.717) is 18.3 Å². The van der Waals surface area contributed by atoms with Crippen molar-refractivity contribution >= 4 is 22.4 Å². The summed E-state index contributed by atoms with van der Waals surface area (Å²) >= 11 is 1.36. The average Bonchev–Trinajstić information content (AvgIpc) is 2.95. The Bertz CT molecular complexity index is 715. The van der Waals surface area contributed by atoms with Gasteiger partial charge < -0.3 is 10.1 Å². The van der Waals surface area contributed by atoms with Crippen molar-refractivity contribution < 1.29 is 13.9 Å². The van der Waals surface area contributed by atoms with Gasteiger partial charge in [0.25, 0.3) is 0 Å². The predicted molar refractivity (Wildman–Crippen MR) is 92.6 cm³/mol.